The van der Waals surface area contributed by atoms with E-state index in [4.69, 9.17) is 5.73 Å². The highest BCUT2D eigenvalue weighted by atomic mass is 19.1. The molecule has 0 radical (unpaired) electrons. The van der Waals surface area contributed by atoms with Crippen LogP contribution >= 0.6 is 0 Å². The first-order valence-corrected chi connectivity index (χ1v) is 8.21. The number of halogens is 1. The summed E-state index contributed by atoms with van der Waals surface area (Å²) in [6.07, 6.45) is 1.82. The minimum atomic E-state index is -0.231. The lowest BCUT2D eigenvalue weighted by atomic mass is 10.0. The summed E-state index contributed by atoms with van der Waals surface area (Å²) in [6, 6.07) is 20.7. The number of imidazole rings is 1. The minimum Gasteiger partial charge on any atom is -0.324 e. The number of fused-ring (bicyclic) bond motifs is 1. The highest BCUT2D eigenvalue weighted by Gasteiger charge is 2.08. The van der Waals surface area contributed by atoms with Gasteiger partial charge >= 0.3 is 0 Å². The van der Waals surface area contributed by atoms with Gasteiger partial charge < -0.3 is 5.73 Å². The van der Waals surface area contributed by atoms with Crippen LogP contribution in [0, 0.1) is 5.82 Å². The molecule has 3 nitrogen and oxygen atoms in total. The van der Waals surface area contributed by atoms with E-state index in [-0.39, 0.29) is 11.9 Å². The van der Waals surface area contributed by atoms with Gasteiger partial charge in [-0.15, -0.1) is 0 Å². The molecule has 0 bridgehead atoms. The van der Waals surface area contributed by atoms with Crippen molar-refractivity contribution in [2.24, 2.45) is 5.73 Å². The normalized spacial score (nSPS) is 12.4. The Kier molecular flexibility index (Phi) is 3.82. The molecule has 4 aromatic rings. The lowest BCUT2D eigenvalue weighted by molar-refractivity contribution is 0.628. The van der Waals surface area contributed by atoms with Crippen LogP contribution in [-0.4, -0.2) is 9.55 Å². The molecule has 3 aromatic carbocycles. The standard InChI is InChI=1S/C21H18FN3/c1-14(23)16-7-10-21-20(12-16)24-13-25(21)19-4-2-3-17(11-19)15-5-8-18(22)9-6-15/h2-14H,23H2,1H3. The van der Waals surface area contributed by atoms with E-state index in [1.165, 1.54) is 12.1 Å². The Morgan fingerprint density at radius 2 is 1.76 bits per heavy atom. The maximum Gasteiger partial charge on any atom is 0.123 e. The van der Waals surface area contributed by atoms with Crippen LogP contribution in [0.1, 0.15) is 18.5 Å². The summed E-state index contributed by atoms with van der Waals surface area (Å²) in [7, 11) is 0. The molecule has 25 heavy (non-hydrogen) atoms. The van der Waals surface area contributed by atoms with E-state index in [2.05, 4.69) is 11.1 Å². The SMILES string of the molecule is CC(N)c1ccc2c(c1)ncn2-c1cccc(-c2ccc(F)cc2)c1. The minimum absolute atomic E-state index is 0.0173. The van der Waals surface area contributed by atoms with E-state index >= 15 is 0 Å². The van der Waals surface area contributed by atoms with Crippen LogP contribution in [0.15, 0.2) is 73.1 Å². The van der Waals surface area contributed by atoms with Gasteiger partial charge in [-0.05, 0) is 60.0 Å². The molecule has 2 N–H and O–H groups in total. The smallest absolute Gasteiger partial charge is 0.123 e. The molecule has 0 fully saturated rings. The Labute approximate surface area is 145 Å². The van der Waals surface area contributed by atoms with Crippen LogP contribution in [0.4, 0.5) is 4.39 Å². The topological polar surface area (TPSA) is 43.8 Å². The molecule has 0 saturated heterocycles. The first kappa shape index (κ1) is 15.5. The molecule has 0 spiro atoms. The molecular weight excluding hydrogens is 313 g/mol. The van der Waals surface area contributed by atoms with Crippen LogP contribution in [-0.2, 0) is 0 Å². The summed E-state index contributed by atoms with van der Waals surface area (Å²) in [4.78, 5) is 4.51. The number of hydrogen-bond donors (Lipinski definition) is 1. The van der Waals surface area contributed by atoms with E-state index in [1.807, 2.05) is 54.2 Å². The average molecular weight is 331 g/mol. The number of hydrogen-bond acceptors (Lipinski definition) is 2. The molecular formula is C21H18FN3. The molecule has 0 aliphatic carbocycles. The third-order valence-corrected chi connectivity index (χ3v) is 4.40. The second-order valence-corrected chi connectivity index (χ2v) is 6.21. The van der Waals surface area contributed by atoms with Crippen molar-refractivity contribution >= 4 is 11.0 Å². The number of aromatic nitrogens is 2. The molecule has 4 rings (SSSR count). The first-order chi connectivity index (χ1) is 12.1. The van der Waals surface area contributed by atoms with Gasteiger partial charge in [-0.1, -0.05) is 30.3 Å². The van der Waals surface area contributed by atoms with Gasteiger partial charge in [-0.25, -0.2) is 9.37 Å². The van der Waals surface area contributed by atoms with E-state index < -0.39 is 0 Å². The van der Waals surface area contributed by atoms with Gasteiger partial charge in [0.05, 0.1) is 11.0 Å². The van der Waals surface area contributed by atoms with E-state index in [0.29, 0.717) is 0 Å². The maximum absolute atomic E-state index is 13.1. The highest BCUT2D eigenvalue weighted by molar-refractivity contribution is 5.79. The maximum atomic E-state index is 13.1. The molecule has 0 aliphatic heterocycles. The van der Waals surface area contributed by atoms with E-state index in [1.54, 1.807) is 12.1 Å². The van der Waals surface area contributed by atoms with Crippen molar-refractivity contribution in [3.8, 4) is 16.8 Å². The molecule has 1 heterocycles. The van der Waals surface area contributed by atoms with Crippen molar-refractivity contribution in [1.29, 1.82) is 0 Å². The Hall–Kier alpha value is -2.98. The van der Waals surface area contributed by atoms with Crippen molar-refractivity contribution in [1.82, 2.24) is 9.55 Å². The summed E-state index contributed by atoms with van der Waals surface area (Å²) in [5.74, 6) is -0.231. The van der Waals surface area contributed by atoms with Crippen LogP contribution in [0.5, 0.6) is 0 Å². The zero-order valence-electron chi connectivity index (χ0n) is 13.9. The predicted molar refractivity (Wildman–Crippen MR) is 99.1 cm³/mol. The van der Waals surface area contributed by atoms with Crippen molar-refractivity contribution < 1.29 is 4.39 Å². The molecule has 0 amide bonds. The largest absolute Gasteiger partial charge is 0.324 e. The Morgan fingerprint density at radius 3 is 2.52 bits per heavy atom. The fourth-order valence-corrected chi connectivity index (χ4v) is 3.00. The average Bonchev–Trinajstić information content (AvgIpc) is 3.05. The van der Waals surface area contributed by atoms with E-state index in [9.17, 15) is 4.39 Å². The zero-order valence-corrected chi connectivity index (χ0v) is 13.9. The molecule has 0 aliphatic rings. The Bertz CT molecular complexity index is 1030. The van der Waals surface area contributed by atoms with Crippen molar-refractivity contribution in [3.05, 3.63) is 84.4 Å². The third kappa shape index (κ3) is 2.92. The zero-order chi connectivity index (χ0) is 17.4. The van der Waals surface area contributed by atoms with Gasteiger partial charge in [-0.3, -0.25) is 4.57 Å². The molecule has 1 aromatic heterocycles. The fourth-order valence-electron chi connectivity index (χ4n) is 3.00. The number of nitrogens with two attached hydrogens (primary N) is 1. The molecule has 124 valence electrons. The highest BCUT2D eigenvalue weighted by Crippen LogP contribution is 2.25. The molecule has 4 heteroatoms. The van der Waals surface area contributed by atoms with Crippen LogP contribution < -0.4 is 5.73 Å². The van der Waals surface area contributed by atoms with Gasteiger partial charge in [0.1, 0.15) is 12.1 Å². The van der Waals surface area contributed by atoms with Crippen LogP contribution in [0.25, 0.3) is 27.8 Å². The monoisotopic (exact) mass is 331 g/mol. The van der Waals surface area contributed by atoms with Gasteiger partial charge in [-0.2, -0.15) is 0 Å². The quantitative estimate of drug-likeness (QED) is 0.583. The van der Waals surface area contributed by atoms with Crippen molar-refractivity contribution in [2.75, 3.05) is 0 Å². The lowest BCUT2D eigenvalue weighted by Crippen LogP contribution is -2.04. The Balaban J connectivity index is 1.78. The van der Waals surface area contributed by atoms with Gasteiger partial charge in [0.2, 0.25) is 0 Å². The van der Waals surface area contributed by atoms with Crippen LogP contribution in [0.3, 0.4) is 0 Å². The summed E-state index contributed by atoms with van der Waals surface area (Å²) in [6.45, 7) is 1.96. The third-order valence-electron chi connectivity index (χ3n) is 4.40. The van der Waals surface area contributed by atoms with Gasteiger partial charge in [0.25, 0.3) is 0 Å². The first-order valence-electron chi connectivity index (χ1n) is 8.21. The molecule has 0 saturated carbocycles. The van der Waals surface area contributed by atoms with Crippen molar-refractivity contribution in [2.45, 2.75) is 13.0 Å². The summed E-state index contributed by atoms with van der Waals surface area (Å²) in [5, 5.41) is 0. The number of benzene rings is 3. The van der Waals surface area contributed by atoms with Gasteiger partial charge in [0, 0.05) is 11.7 Å². The van der Waals surface area contributed by atoms with Gasteiger partial charge in [0.15, 0.2) is 0 Å². The molecule has 1 atom stereocenters. The second-order valence-electron chi connectivity index (χ2n) is 6.21. The second kappa shape index (κ2) is 6.15. The lowest BCUT2D eigenvalue weighted by Gasteiger charge is -2.09. The fraction of sp³-hybridized carbons (Fsp3) is 0.0952. The number of rotatable bonds is 3. The van der Waals surface area contributed by atoms with E-state index in [0.717, 1.165) is 33.4 Å². The summed E-state index contributed by atoms with van der Waals surface area (Å²) < 4.78 is 15.2. The summed E-state index contributed by atoms with van der Waals surface area (Å²) in [5.41, 5.74) is 12.0. The Morgan fingerprint density at radius 1 is 0.960 bits per heavy atom. The van der Waals surface area contributed by atoms with Crippen LogP contribution in [0.2, 0.25) is 0 Å². The van der Waals surface area contributed by atoms with Crippen molar-refractivity contribution in [3.63, 3.8) is 0 Å². The number of nitrogens with zero attached hydrogens (tertiary/aromatic N) is 2. The molecule has 1 unspecified atom stereocenters. The predicted octanol–water partition coefficient (Wildman–Crippen LogP) is 4.85. The summed E-state index contributed by atoms with van der Waals surface area (Å²) >= 11 is 0.